The Hall–Kier alpha value is -2.66. The minimum Gasteiger partial charge on any atom is -0.441 e. The molecule has 2 heterocycles. The number of hydrogen-bond acceptors (Lipinski definition) is 4. The van der Waals surface area contributed by atoms with Crippen LogP contribution < -0.4 is 4.90 Å². The van der Waals surface area contributed by atoms with Gasteiger partial charge in [0.1, 0.15) is 11.6 Å². The standard InChI is InChI=1S/C23H26FN3O/c1-16-6-4-9-22(17(16)2)27-12-10-26(11-13-27)15-21-18(3)28-23(25-21)19-7-5-8-20(24)14-19/h4-9,14H,10-13,15H2,1-3H3. The number of anilines is 1. The lowest BCUT2D eigenvalue weighted by atomic mass is 10.1. The predicted octanol–water partition coefficient (Wildman–Crippen LogP) is 4.73. The van der Waals surface area contributed by atoms with E-state index in [4.69, 9.17) is 4.42 Å². The van der Waals surface area contributed by atoms with Gasteiger partial charge in [0.25, 0.3) is 0 Å². The molecule has 0 aliphatic carbocycles. The average molecular weight is 379 g/mol. The Morgan fingerprint density at radius 1 is 1.00 bits per heavy atom. The molecule has 1 fully saturated rings. The van der Waals surface area contributed by atoms with E-state index in [2.05, 4.69) is 46.8 Å². The van der Waals surface area contributed by atoms with Crippen molar-refractivity contribution in [2.45, 2.75) is 27.3 Å². The maximum absolute atomic E-state index is 13.5. The molecule has 0 radical (unpaired) electrons. The summed E-state index contributed by atoms with van der Waals surface area (Å²) in [5.74, 6) is 1.01. The van der Waals surface area contributed by atoms with Gasteiger partial charge in [-0.05, 0) is 56.2 Å². The first-order valence-corrected chi connectivity index (χ1v) is 9.77. The topological polar surface area (TPSA) is 32.5 Å². The second kappa shape index (κ2) is 7.76. The summed E-state index contributed by atoms with van der Waals surface area (Å²) >= 11 is 0. The van der Waals surface area contributed by atoms with Crippen LogP contribution in [0.15, 0.2) is 46.9 Å². The molecular weight excluding hydrogens is 353 g/mol. The van der Waals surface area contributed by atoms with Gasteiger partial charge in [-0.3, -0.25) is 4.90 Å². The van der Waals surface area contributed by atoms with Gasteiger partial charge < -0.3 is 9.32 Å². The van der Waals surface area contributed by atoms with Crippen molar-refractivity contribution >= 4 is 5.69 Å². The normalized spacial score (nSPS) is 15.2. The Labute approximate surface area is 165 Å². The zero-order valence-corrected chi connectivity index (χ0v) is 16.7. The second-order valence-electron chi connectivity index (χ2n) is 7.51. The molecule has 3 aromatic rings. The lowest BCUT2D eigenvalue weighted by molar-refractivity contribution is 0.246. The molecule has 5 heteroatoms. The number of piperazine rings is 1. The Balaban J connectivity index is 1.42. The Morgan fingerprint density at radius 2 is 1.75 bits per heavy atom. The lowest BCUT2D eigenvalue weighted by Gasteiger charge is -2.36. The fourth-order valence-electron chi connectivity index (χ4n) is 3.76. The van der Waals surface area contributed by atoms with Crippen LogP contribution in [0.3, 0.4) is 0 Å². The smallest absolute Gasteiger partial charge is 0.226 e. The van der Waals surface area contributed by atoms with Crippen molar-refractivity contribution in [3.05, 3.63) is 70.9 Å². The van der Waals surface area contributed by atoms with E-state index in [9.17, 15) is 4.39 Å². The second-order valence-corrected chi connectivity index (χ2v) is 7.51. The molecule has 0 unspecified atom stereocenters. The number of oxazole rings is 1. The Morgan fingerprint density at radius 3 is 2.50 bits per heavy atom. The van der Waals surface area contributed by atoms with E-state index in [1.165, 1.54) is 28.9 Å². The van der Waals surface area contributed by atoms with Crippen LogP contribution >= 0.6 is 0 Å². The number of nitrogens with zero attached hydrogens (tertiary/aromatic N) is 3. The number of benzene rings is 2. The van der Waals surface area contributed by atoms with E-state index in [0.29, 0.717) is 11.5 Å². The maximum Gasteiger partial charge on any atom is 0.226 e. The zero-order chi connectivity index (χ0) is 19.7. The highest BCUT2D eigenvalue weighted by Gasteiger charge is 2.21. The summed E-state index contributed by atoms with van der Waals surface area (Å²) < 4.78 is 19.3. The minimum absolute atomic E-state index is 0.280. The molecule has 1 aliphatic heterocycles. The number of hydrogen-bond donors (Lipinski definition) is 0. The van der Waals surface area contributed by atoms with E-state index in [0.717, 1.165) is 44.2 Å². The van der Waals surface area contributed by atoms with Crippen molar-refractivity contribution in [3.8, 4) is 11.5 Å². The van der Waals surface area contributed by atoms with E-state index >= 15 is 0 Å². The van der Waals surface area contributed by atoms with Gasteiger partial charge in [-0.1, -0.05) is 18.2 Å². The molecule has 4 nitrogen and oxygen atoms in total. The predicted molar refractivity (Wildman–Crippen MR) is 110 cm³/mol. The van der Waals surface area contributed by atoms with Gasteiger partial charge >= 0.3 is 0 Å². The fourth-order valence-corrected chi connectivity index (χ4v) is 3.76. The summed E-state index contributed by atoms with van der Waals surface area (Å²) in [5, 5.41) is 0. The van der Waals surface area contributed by atoms with E-state index < -0.39 is 0 Å². The molecule has 1 saturated heterocycles. The summed E-state index contributed by atoms with van der Waals surface area (Å²) in [6, 6.07) is 12.9. The molecule has 0 N–H and O–H groups in total. The van der Waals surface area contributed by atoms with Gasteiger partial charge in [-0.2, -0.15) is 0 Å². The van der Waals surface area contributed by atoms with Crippen molar-refractivity contribution in [2.24, 2.45) is 0 Å². The van der Waals surface area contributed by atoms with E-state index in [1.807, 2.05) is 13.0 Å². The van der Waals surface area contributed by atoms with Crippen LogP contribution in [0.4, 0.5) is 10.1 Å². The van der Waals surface area contributed by atoms with Gasteiger partial charge in [-0.15, -0.1) is 0 Å². The van der Waals surface area contributed by atoms with Gasteiger partial charge in [-0.25, -0.2) is 9.37 Å². The van der Waals surface area contributed by atoms with Crippen LogP contribution in [0.2, 0.25) is 0 Å². The monoisotopic (exact) mass is 379 g/mol. The summed E-state index contributed by atoms with van der Waals surface area (Å²) in [5.41, 5.74) is 5.64. The third-order valence-electron chi connectivity index (χ3n) is 5.63. The number of aromatic nitrogens is 1. The van der Waals surface area contributed by atoms with E-state index in [1.54, 1.807) is 6.07 Å². The average Bonchev–Trinajstić information content (AvgIpc) is 3.05. The van der Waals surface area contributed by atoms with Gasteiger partial charge in [0.15, 0.2) is 0 Å². The molecule has 0 saturated carbocycles. The van der Waals surface area contributed by atoms with Crippen molar-refractivity contribution < 1.29 is 8.81 Å². The van der Waals surface area contributed by atoms with Crippen molar-refractivity contribution in [3.63, 3.8) is 0 Å². The first-order chi connectivity index (χ1) is 13.5. The molecular formula is C23H26FN3O. The van der Waals surface area contributed by atoms with Crippen LogP contribution in [0.25, 0.3) is 11.5 Å². The largest absolute Gasteiger partial charge is 0.441 e. The van der Waals surface area contributed by atoms with Crippen LogP contribution in [0, 0.1) is 26.6 Å². The van der Waals surface area contributed by atoms with Crippen molar-refractivity contribution in [1.29, 1.82) is 0 Å². The molecule has 4 rings (SSSR count). The van der Waals surface area contributed by atoms with Crippen LogP contribution in [-0.4, -0.2) is 36.1 Å². The highest BCUT2D eigenvalue weighted by atomic mass is 19.1. The molecule has 0 atom stereocenters. The van der Waals surface area contributed by atoms with Crippen molar-refractivity contribution in [1.82, 2.24) is 9.88 Å². The van der Waals surface area contributed by atoms with Crippen LogP contribution in [0.1, 0.15) is 22.6 Å². The summed E-state index contributed by atoms with van der Waals surface area (Å²) in [4.78, 5) is 9.50. The highest BCUT2D eigenvalue weighted by molar-refractivity contribution is 5.56. The van der Waals surface area contributed by atoms with E-state index in [-0.39, 0.29) is 5.82 Å². The van der Waals surface area contributed by atoms with Crippen molar-refractivity contribution in [2.75, 3.05) is 31.1 Å². The third kappa shape index (κ3) is 3.80. The SMILES string of the molecule is Cc1cccc(N2CCN(Cc3nc(-c4cccc(F)c4)oc3C)CC2)c1C. The van der Waals surface area contributed by atoms with Gasteiger partial charge in [0.2, 0.25) is 5.89 Å². The molecule has 2 aromatic carbocycles. The summed E-state index contributed by atoms with van der Waals surface area (Å²) in [6.07, 6.45) is 0. The molecule has 1 aromatic heterocycles. The Kier molecular flexibility index (Phi) is 5.18. The number of aryl methyl sites for hydroxylation is 2. The first kappa shape index (κ1) is 18.7. The molecule has 146 valence electrons. The number of halogens is 1. The summed E-state index contributed by atoms with van der Waals surface area (Å²) in [7, 11) is 0. The molecule has 28 heavy (non-hydrogen) atoms. The van der Waals surface area contributed by atoms with Crippen LogP contribution in [0.5, 0.6) is 0 Å². The summed E-state index contributed by atoms with van der Waals surface area (Å²) in [6.45, 7) is 11.0. The highest BCUT2D eigenvalue weighted by Crippen LogP contribution is 2.26. The Bertz CT molecular complexity index is 974. The van der Waals surface area contributed by atoms with Gasteiger partial charge in [0.05, 0.1) is 5.69 Å². The maximum atomic E-state index is 13.5. The van der Waals surface area contributed by atoms with Crippen LogP contribution in [-0.2, 0) is 6.54 Å². The molecule has 0 amide bonds. The quantitative estimate of drug-likeness (QED) is 0.656. The zero-order valence-electron chi connectivity index (χ0n) is 16.7. The number of rotatable bonds is 4. The molecule has 0 spiro atoms. The van der Waals surface area contributed by atoms with Gasteiger partial charge in [0, 0.05) is 44.0 Å². The first-order valence-electron chi connectivity index (χ1n) is 9.77. The molecule has 0 bridgehead atoms. The molecule has 1 aliphatic rings. The fraction of sp³-hybridized carbons (Fsp3) is 0.348. The minimum atomic E-state index is -0.280. The third-order valence-corrected chi connectivity index (χ3v) is 5.63. The lowest BCUT2D eigenvalue weighted by Crippen LogP contribution is -2.46.